The summed E-state index contributed by atoms with van der Waals surface area (Å²) in [6.45, 7) is 4.85. The van der Waals surface area contributed by atoms with Gasteiger partial charge >= 0.3 is 0 Å². The van der Waals surface area contributed by atoms with Crippen LogP contribution in [0.5, 0.6) is 5.75 Å². The normalized spacial score (nSPS) is 17.4. The van der Waals surface area contributed by atoms with Crippen molar-refractivity contribution in [1.29, 1.82) is 0 Å². The minimum atomic E-state index is -0.0342. The number of likely N-dealkylation sites (tertiary alicyclic amines) is 1. The molecule has 146 valence electrons. The number of carbonyl (C=O) groups is 1. The van der Waals surface area contributed by atoms with Crippen LogP contribution in [0.3, 0.4) is 0 Å². The van der Waals surface area contributed by atoms with Gasteiger partial charge in [-0.1, -0.05) is 23.5 Å². The first kappa shape index (κ1) is 19.7. The minimum absolute atomic E-state index is 0.0342. The summed E-state index contributed by atoms with van der Waals surface area (Å²) >= 11 is 1.40. The highest BCUT2D eigenvalue weighted by Crippen LogP contribution is 2.18. The summed E-state index contributed by atoms with van der Waals surface area (Å²) in [6.07, 6.45) is 1.77. The average molecular weight is 390 g/mol. The third-order valence-electron chi connectivity index (χ3n) is 4.63. The number of nitrogens with one attached hydrogen (secondary N) is 1. The van der Waals surface area contributed by atoms with Crippen molar-refractivity contribution in [2.75, 3.05) is 45.7 Å². The lowest BCUT2D eigenvalue weighted by atomic mass is 10.2. The molecule has 1 aromatic carbocycles. The molecule has 8 heteroatoms. The van der Waals surface area contributed by atoms with Gasteiger partial charge in [-0.25, -0.2) is 0 Å². The Labute approximate surface area is 164 Å². The number of ether oxygens (including phenoxy) is 1. The van der Waals surface area contributed by atoms with Gasteiger partial charge in [-0.15, -0.1) is 10.2 Å². The standard InChI is InChI=1S/C19H27N5O2S/c1-14-5-4-6-16(11-14)26-10-8-18-21-22-19(27-18)20-17(25)13-24-9-7-15(12-24)23(2)3/h4-6,11,15H,7-10,12-13H2,1-3H3,(H,20,22,25). The number of hydrogen-bond donors (Lipinski definition) is 1. The van der Waals surface area contributed by atoms with Gasteiger partial charge in [0.05, 0.1) is 13.2 Å². The van der Waals surface area contributed by atoms with Crippen LogP contribution in [0, 0.1) is 6.92 Å². The summed E-state index contributed by atoms with van der Waals surface area (Å²) in [5, 5.41) is 12.5. The van der Waals surface area contributed by atoms with Gasteiger partial charge in [-0.05, 0) is 45.1 Å². The van der Waals surface area contributed by atoms with E-state index in [4.69, 9.17) is 4.74 Å². The maximum Gasteiger partial charge on any atom is 0.240 e. The van der Waals surface area contributed by atoms with Gasteiger partial charge in [0.1, 0.15) is 10.8 Å². The summed E-state index contributed by atoms with van der Waals surface area (Å²) in [5.41, 5.74) is 1.17. The molecule has 0 radical (unpaired) electrons. The van der Waals surface area contributed by atoms with Crippen LogP contribution in [-0.4, -0.2) is 72.3 Å². The highest BCUT2D eigenvalue weighted by Gasteiger charge is 2.25. The van der Waals surface area contributed by atoms with Gasteiger partial charge in [0, 0.05) is 25.6 Å². The van der Waals surface area contributed by atoms with Crippen LogP contribution in [0.1, 0.15) is 17.0 Å². The van der Waals surface area contributed by atoms with E-state index in [-0.39, 0.29) is 5.91 Å². The topological polar surface area (TPSA) is 70.6 Å². The van der Waals surface area contributed by atoms with E-state index in [9.17, 15) is 4.79 Å². The van der Waals surface area contributed by atoms with Crippen molar-refractivity contribution in [3.63, 3.8) is 0 Å². The van der Waals surface area contributed by atoms with Crippen molar-refractivity contribution in [3.8, 4) is 5.75 Å². The number of carbonyl (C=O) groups excluding carboxylic acids is 1. The van der Waals surface area contributed by atoms with E-state index in [1.54, 1.807) is 0 Å². The molecule has 0 saturated carbocycles. The van der Waals surface area contributed by atoms with Gasteiger partial charge in [0.25, 0.3) is 0 Å². The molecular weight excluding hydrogens is 362 g/mol. The van der Waals surface area contributed by atoms with E-state index in [2.05, 4.69) is 39.4 Å². The van der Waals surface area contributed by atoms with E-state index in [0.717, 1.165) is 30.3 Å². The van der Waals surface area contributed by atoms with Gasteiger partial charge in [0.2, 0.25) is 11.0 Å². The smallest absolute Gasteiger partial charge is 0.240 e. The molecule has 7 nitrogen and oxygen atoms in total. The van der Waals surface area contributed by atoms with Crippen molar-refractivity contribution in [2.24, 2.45) is 0 Å². The van der Waals surface area contributed by atoms with Gasteiger partial charge in [-0.3, -0.25) is 15.0 Å². The number of rotatable bonds is 8. The molecule has 2 heterocycles. The molecule has 27 heavy (non-hydrogen) atoms. The van der Waals surface area contributed by atoms with Crippen LogP contribution in [0.2, 0.25) is 0 Å². The number of benzene rings is 1. The average Bonchev–Trinajstić information content (AvgIpc) is 3.25. The largest absolute Gasteiger partial charge is 0.493 e. The summed E-state index contributed by atoms with van der Waals surface area (Å²) in [6, 6.07) is 8.49. The fourth-order valence-electron chi connectivity index (χ4n) is 3.11. The van der Waals surface area contributed by atoms with Crippen molar-refractivity contribution in [3.05, 3.63) is 34.8 Å². The van der Waals surface area contributed by atoms with Gasteiger partial charge < -0.3 is 9.64 Å². The van der Waals surface area contributed by atoms with Crippen LogP contribution in [0.25, 0.3) is 0 Å². The first-order valence-corrected chi connectivity index (χ1v) is 10.0. The molecule has 3 rings (SSSR count). The first-order chi connectivity index (χ1) is 13.0. The predicted octanol–water partition coefficient (Wildman–Crippen LogP) is 2.04. The maximum atomic E-state index is 12.2. The van der Waals surface area contributed by atoms with Crippen LogP contribution in [0.15, 0.2) is 24.3 Å². The lowest BCUT2D eigenvalue weighted by molar-refractivity contribution is -0.117. The second-order valence-corrected chi connectivity index (χ2v) is 8.17. The summed E-state index contributed by atoms with van der Waals surface area (Å²) in [4.78, 5) is 16.6. The van der Waals surface area contributed by atoms with E-state index >= 15 is 0 Å². The van der Waals surface area contributed by atoms with E-state index in [0.29, 0.717) is 30.7 Å². The summed E-state index contributed by atoms with van der Waals surface area (Å²) in [5.74, 6) is 0.822. The van der Waals surface area contributed by atoms with E-state index in [1.807, 2.05) is 31.2 Å². The van der Waals surface area contributed by atoms with Crippen molar-refractivity contribution in [2.45, 2.75) is 25.8 Å². The zero-order valence-corrected chi connectivity index (χ0v) is 17.0. The number of anilines is 1. The maximum absolute atomic E-state index is 12.2. The number of aromatic nitrogens is 2. The second kappa shape index (κ2) is 9.25. The van der Waals surface area contributed by atoms with Crippen molar-refractivity contribution < 1.29 is 9.53 Å². The molecule has 1 aliphatic rings. The van der Waals surface area contributed by atoms with Crippen molar-refractivity contribution in [1.82, 2.24) is 20.0 Å². The molecule has 1 amide bonds. The molecule has 1 saturated heterocycles. The molecule has 1 fully saturated rings. The molecule has 1 N–H and O–H groups in total. The lowest BCUT2D eigenvalue weighted by Crippen LogP contribution is -2.35. The fourth-order valence-corrected chi connectivity index (χ4v) is 3.84. The highest BCUT2D eigenvalue weighted by molar-refractivity contribution is 7.15. The number of aryl methyl sites for hydroxylation is 1. The monoisotopic (exact) mass is 389 g/mol. The third kappa shape index (κ3) is 5.98. The van der Waals surface area contributed by atoms with Crippen LogP contribution in [-0.2, 0) is 11.2 Å². The Morgan fingerprint density at radius 1 is 1.41 bits per heavy atom. The Kier molecular flexibility index (Phi) is 6.76. The number of hydrogen-bond acceptors (Lipinski definition) is 7. The Morgan fingerprint density at radius 3 is 3.00 bits per heavy atom. The zero-order chi connectivity index (χ0) is 19.2. The SMILES string of the molecule is Cc1cccc(OCCc2nnc(NC(=O)CN3CCC(N(C)C)C3)s2)c1. The third-order valence-corrected chi connectivity index (χ3v) is 5.53. The van der Waals surface area contributed by atoms with Crippen LogP contribution >= 0.6 is 11.3 Å². The number of likely N-dealkylation sites (N-methyl/N-ethyl adjacent to an activating group) is 1. The Balaban J connectivity index is 1.40. The van der Waals surface area contributed by atoms with Crippen molar-refractivity contribution >= 4 is 22.4 Å². The second-order valence-electron chi connectivity index (χ2n) is 7.11. The lowest BCUT2D eigenvalue weighted by Gasteiger charge is -2.19. The zero-order valence-electron chi connectivity index (χ0n) is 16.1. The van der Waals surface area contributed by atoms with E-state index in [1.165, 1.54) is 16.9 Å². The highest BCUT2D eigenvalue weighted by atomic mass is 32.1. The van der Waals surface area contributed by atoms with Gasteiger partial charge in [0.15, 0.2) is 0 Å². The van der Waals surface area contributed by atoms with Crippen LogP contribution in [0.4, 0.5) is 5.13 Å². The molecular formula is C19H27N5O2S. The summed E-state index contributed by atoms with van der Waals surface area (Å²) < 4.78 is 5.74. The fraction of sp³-hybridized carbons (Fsp3) is 0.526. The van der Waals surface area contributed by atoms with Crippen LogP contribution < -0.4 is 10.1 Å². The molecule has 1 unspecified atom stereocenters. The van der Waals surface area contributed by atoms with E-state index < -0.39 is 0 Å². The molecule has 1 aromatic heterocycles. The number of nitrogens with zero attached hydrogens (tertiary/aromatic N) is 4. The molecule has 0 spiro atoms. The van der Waals surface area contributed by atoms with Gasteiger partial charge in [-0.2, -0.15) is 0 Å². The Morgan fingerprint density at radius 2 is 2.26 bits per heavy atom. The Bertz CT molecular complexity index is 764. The first-order valence-electron chi connectivity index (χ1n) is 9.20. The Hall–Kier alpha value is -2.03. The molecule has 0 bridgehead atoms. The predicted molar refractivity (Wildman–Crippen MR) is 107 cm³/mol. The molecule has 1 aliphatic heterocycles. The minimum Gasteiger partial charge on any atom is -0.493 e. The number of amides is 1. The molecule has 1 atom stereocenters. The summed E-state index contributed by atoms with van der Waals surface area (Å²) in [7, 11) is 4.17. The quantitative estimate of drug-likeness (QED) is 0.745. The molecule has 2 aromatic rings. The molecule has 0 aliphatic carbocycles.